The number of aliphatic imine (C=N–C) groups is 1. The quantitative estimate of drug-likeness (QED) is 0.401. The van der Waals surface area contributed by atoms with Gasteiger partial charge in [0.25, 0.3) is 0 Å². The SMILES string of the molecule is Cc1nn(-c2ccccc2)c2c1P(=S)(N1CCCCC1)/C(=C1/N(C)c3ccccc3C1(C)C)C=N2. The van der Waals surface area contributed by atoms with Crippen molar-refractivity contribution in [2.45, 2.75) is 45.4 Å². The van der Waals surface area contributed by atoms with Crippen molar-refractivity contribution in [3.8, 4) is 5.69 Å². The van der Waals surface area contributed by atoms with E-state index in [0.717, 1.165) is 30.3 Å². The molecule has 2 aromatic carbocycles. The van der Waals surface area contributed by atoms with E-state index >= 15 is 0 Å². The van der Waals surface area contributed by atoms with Gasteiger partial charge in [0.05, 0.1) is 22.9 Å². The van der Waals surface area contributed by atoms with E-state index in [-0.39, 0.29) is 5.41 Å². The molecule has 3 aromatic rings. The molecule has 3 aliphatic rings. The van der Waals surface area contributed by atoms with Gasteiger partial charge in [-0.3, -0.25) is 4.67 Å². The molecule has 0 radical (unpaired) electrons. The predicted molar refractivity (Wildman–Crippen MR) is 151 cm³/mol. The van der Waals surface area contributed by atoms with E-state index in [1.54, 1.807) is 0 Å². The van der Waals surface area contributed by atoms with Crippen molar-refractivity contribution in [3.63, 3.8) is 0 Å². The summed E-state index contributed by atoms with van der Waals surface area (Å²) in [6, 6.07) is 19.1. The van der Waals surface area contributed by atoms with E-state index < -0.39 is 6.19 Å². The number of rotatable bonds is 2. The highest BCUT2D eigenvalue weighted by Crippen LogP contribution is 2.64. The summed E-state index contributed by atoms with van der Waals surface area (Å²) in [6.07, 6.45) is 3.41. The molecule has 0 spiro atoms. The van der Waals surface area contributed by atoms with Crippen LogP contribution in [0, 0.1) is 6.92 Å². The summed E-state index contributed by atoms with van der Waals surface area (Å²) in [5.74, 6) is 0.905. The Morgan fingerprint density at radius 1 is 0.943 bits per heavy atom. The highest BCUT2D eigenvalue weighted by atomic mass is 32.4. The van der Waals surface area contributed by atoms with Crippen LogP contribution >= 0.6 is 6.19 Å². The van der Waals surface area contributed by atoms with Gasteiger partial charge in [-0.05, 0) is 43.5 Å². The Hall–Kier alpha value is -2.53. The minimum atomic E-state index is -2.35. The number of piperidine rings is 1. The first kappa shape index (κ1) is 22.9. The Balaban J connectivity index is 1.64. The van der Waals surface area contributed by atoms with Crippen molar-refractivity contribution in [2.24, 2.45) is 4.99 Å². The maximum atomic E-state index is 6.91. The first-order valence-corrected chi connectivity index (χ1v) is 15.2. The van der Waals surface area contributed by atoms with Crippen molar-refractivity contribution < 1.29 is 0 Å². The molecule has 1 fully saturated rings. The van der Waals surface area contributed by atoms with Crippen LogP contribution < -0.4 is 10.2 Å². The van der Waals surface area contributed by atoms with Gasteiger partial charge in [0.2, 0.25) is 0 Å². The fourth-order valence-corrected chi connectivity index (χ4v) is 11.2. The van der Waals surface area contributed by atoms with Gasteiger partial charge in [-0.2, -0.15) is 5.10 Å². The molecular weight excluding hydrogens is 469 g/mol. The lowest BCUT2D eigenvalue weighted by Gasteiger charge is -2.42. The third-order valence-electron chi connectivity index (χ3n) is 7.78. The fraction of sp³-hybridized carbons (Fsp3) is 0.357. The number of allylic oxidation sites excluding steroid dienone is 2. The summed E-state index contributed by atoms with van der Waals surface area (Å²) < 4.78 is 4.61. The van der Waals surface area contributed by atoms with Gasteiger partial charge < -0.3 is 4.90 Å². The van der Waals surface area contributed by atoms with Crippen LogP contribution in [-0.2, 0) is 17.2 Å². The number of aromatic nitrogens is 2. The predicted octanol–water partition coefficient (Wildman–Crippen LogP) is 6.04. The molecule has 1 unspecified atom stereocenters. The largest absolute Gasteiger partial charge is 0.346 e. The standard InChI is InChI=1S/C28H32N5PS/c1-20-25-27(33(30-20)21-13-7-5-8-14-21)29-19-24(34(25,35)32-17-11-6-12-18-32)26-28(2,3)22-15-9-10-16-23(22)31(26)4/h5,7-10,13-16,19H,6,11-12,17-18H2,1-4H3/b26-24+. The Kier molecular flexibility index (Phi) is 5.41. The van der Waals surface area contributed by atoms with Gasteiger partial charge in [-0.25, -0.2) is 9.67 Å². The number of fused-ring (bicyclic) bond motifs is 2. The monoisotopic (exact) mass is 501 g/mol. The first-order chi connectivity index (χ1) is 16.8. The van der Waals surface area contributed by atoms with Crippen molar-refractivity contribution in [2.75, 3.05) is 25.0 Å². The van der Waals surface area contributed by atoms with Crippen molar-refractivity contribution in [1.29, 1.82) is 0 Å². The third kappa shape index (κ3) is 3.27. The molecule has 180 valence electrons. The molecule has 0 N–H and O–H groups in total. The van der Waals surface area contributed by atoms with Gasteiger partial charge in [-0.15, -0.1) is 0 Å². The van der Waals surface area contributed by atoms with Crippen LogP contribution in [0.4, 0.5) is 11.5 Å². The van der Waals surface area contributed by atoms with Crippen molar-refractivity contribution in [3.05, 3.63) is 76.9 Å². The van der Waals surface area contributed by atoms with Crippen LogP contribution in [0.25, 0.3) is 5.69 Å². The average Bonchev–Trinajstić information content (AvgIpc) is 3.32. The highest BCUT2D eigenvalue weighted by molar-refractivity contribution is 8.19. The first-order valence-electron chi connectivity index (χ1n) is 12.5. The topological polar surface area (TPSA) is 36.7 Å². The zero-order valence-corrected chi connectivity index (χ0v) is 22.6. The molecule has 1 saturated heterocycles. The fourth-order valence-electron chi connectivity index (χ4n) is 6.16. The molecule has 35 heavy (non-hydrogen) atoms. The van der Waals surface area contributed by atoms with E-state index in [1.165, 1.54) is 46.8 Å². The van der Waals surface area contributed by atoms with E-state index in [0.29, 0.717) is 0 Å². The van der Waals surface area contributed by atoms with Gasteiger partial charge in [0, 0.05) is 48.5 Å². The Morgan fingerprint density at radius 3 is 2.34 bits per heavy atom. The molecule has 0 bridgehead atoms. The summed E-state index contributed by atoms with van der Waals surface area (Å²) in [7, 11) is 2.19. The van der Waals surface area contributed by atoms with Crippen LogP contribution in [0.15, 0.2) is 70.6 Å². The van der Waals surface area contributed by atoms with Crippen LogP contribution in [0.1, 0.15) is 44.4 Å². The number of benzene rings is 2. The van der Waals surface area contributed by atoms with E-state index in [9.17, 15) is 0 Å². The molecule has 4 heterocycles. The second-order valence-corrected chi connectivity index (χ2v) is 14.5. The van der Waals surface area contributed by atoms with Gasteiger partial charge in [0.15, 0.2) is 5.82 Å². The molecule has 6 rings (SSSR count). The van der Waals surface area contributed by atoms with E-state index in [1.807, 2.05) is 22.9 Å². The van der Waals surface area contributed by atoms with E-state index in [4.69, 9.17) is 21.9 Å². The van der Waals surface area contributed by atoms with Crippen molar-refractivity contribution in [1.82, 2.24) is 14.5 Å². The molecular formula is C28H32N5PS. The number of hydrogen-bond acceptors (Lipinski definition) is 4. The minimum Gasteiger partial charge on any atom is -0.346 e. The summed E-state index contributed by atoms with van der Waals surface area (Å²) in [5, 5.41) is 7.40. The summed E-state index contributed by atoms with van der Waals surface area (Å²) in [5.41, 5.74) is 5.76. The molecule has 1 aromatic heterocycles. The van der Waals surface area contributed by atoms with Crippen molar-refractivity contribution >= 4 is 41.0 Å². The number of likely N-dealkylation sites (N-methyl/N-ethyl adjacent to an activating group) is 1. The molecule has 0 aliphatic carbocycles. The average molecular weight is 502 g/mol. The molecule has 5 nitrogen and oxygen atoms in total. The van der Waals surface area contributed by atoms with Crippen LogP contribution in [0.3, 0.4) is 0 Å². The highest BCUT2D eigenvalue weighted by Gasteiger charge is 2.47. The van der Waals surface area contributed by atoms with Gasteiger partial charge in [-0.1, -0.05) is 68.5 Å². The second kappa shape index (κ2) is 8.26. The molecule has 0 amide bonds. The Labute approximate surface area is 213 Å². The molecule has 3 aliphatic heterocycles. The van der Waals surface area contributed by atoms with Crippen LogP contribution in [0.2, 0.25) is 0 Å². The summed E-state index contributed by atoms with van der Waals surface area (Å²) in [4.78, 5) is 7.46. The zero-order valence-electron chi connectivity index (χ0n) is 20.9. The lowest BCUT2D eigenvalue weighted by Crippen LogP contribution is -2.36. The van der Waals surface area contributed by atoms with Crippen LogP contribution in [-0.4, -0.2) is 40.8 Å². The maximum absolute atomic E-state index is 6.91. The number of anilines is 1. The molecule has 7 heteroatoms. The Morgan fingerprint density at radius 2 is 1.63 bits per heavy atom. The lowest BCUT2D eigenvalue weighted by molar-refractivity contribution is 0.372. The normalized spacial score (nSPS) is 25.5. The van der Waals surface area contributed by atoms with E-state index in [2.05, 4.69) is 80.0 Å². The maximum Gasteiger partial charge on any atom is 0.165 e. The lowest BCUT2D eigenvalue weighted by atomic mass is 9.84. The molecule has 0 saturated carbocycles. The minimum absolute atomic E-state index is 0.159. The van der Waals surface area contributed by atoms with Crippen LogP contribution in [0.5, 0.6) is 0 Å². The Bertz CT molecular complexity index is 1410. The molecule has 1 atom stereocenters. The zero-order chi connectivity index (χ0) is 24.4. The number of para-hydroxylation sites is 2. The van der Waals surface area contributed by atoms with Gasteiger partial charge in [0.1, 0.15) is 0 Å². The van der Waals surface area contributed by atoms with Gasteiger partial charge >= 0.3 is 0 Å². The number of hydrogen-bond donors (Lipinski definition) is 0. The number of nitrogens with zero attached hydrogens (tertiary/aromatic N) is 5. The third-order valence-corrected chi connectivity index (χ3v) is 12.9. The summed E-state index contributed by atoms with van der Waals surface area (Å²) in [6.45, 7) is 8.85. The summed E-state index contributed by atoms with van der Waals surface area (Å²) >= 11 is 6.91. The second-order valence-electron chi connectivity index (χ2n) is 10.3. The number of aryl methyl sites for hydroxylation is 1. The smallest absolute Gasteiger partial charge is 0.165 e.